The molecule has 1 atom stereocenters. The lowest BCUT2D eigenvalue weighted by molar-refractivity contribution is 0.0391. The number of hydrogen-bond donors (Lipinski definition) is 0. The van der Waals surface area contributed by atoms with Crippen molar-refractivity contribution in [2.45, 2.75) is 32.8 Å². The first kappa shape index (κ1) is 17.7. The average Bonchev–Trinajstić information content (AvgIpc) is 3.19. The van der Waals surface area contributed by atoms with E-state index in [1.54, 1.807) is 6.20 Å². The largest absolute Gasteiger partial charge is 0.370 e. The first-order valence-corrected chi connectivity index (χ1v) is 9.34. The maximum atomic E-state index is 6.03. The second kappa shape index (κ2) is 7.48. The molecule has 0 spiro atoms. The highest BCUT2D eigenvalue weighted by Gasteiger charge is 2.24. The molecule has 3 heterocycles. The van der Waals surface area contributed by atoms with Gasteiger partial charge < -0.3 is 14.2 Å². The van der Waals surface area contributed by atoms with Gasteiger partial charge in [-0.25, -0.2) is 4.98 Å². The normalized spacial score (nSPS) is 17.5. The quantitative estimate of drug-likeness (QED) is 0.693. The Hall–Kier alpha value is -2.73. The molecule has 0 aliphatic carbocycles. The van der Waals surface area contributed by atoms with Gasteiger partial charge in [0.1, 0.15) is 11.9 Å². The Bertz CT molecular complexity index is 922. The molecule has 3 aromatic rings. The number of benzene rings is 1. The zero-order valence-corrected chi connectivity index (χ0v) is 15.9. The van der Waals surface area contributed by atoms with Crippen LogP contribution in [0, 0.1) is 6.92 Å². The second-order valence-electron chi connectivity index (χ2n) is 7.18. The predicted octanol–water partition coefficient (Wildman–Crippen LogP) is 4.14. The van der Waals surface area contributed by atoms with Gasteiger partial charge in [-0.15, -0.1) is 0 Å². The molecule has 1 aliphatic rings. The maximum absolute atomic E-state index is 6.03. The minimum atomic E-state index is 0.0429. The summed E-state index contributed by atoms with van der Waals surface area (Å²) < 4.78 is 11.5. The molecular weight excluding hydrogens is 340 g/mol. The van der Waals surface area contributed by atoms with Crippen molar-refractivity contribution in [3.63, 3.8) is 0 Å². The molecule has 1 aromatic carbocycles. The van der Waals surface area contributed by atoms with Crippen molar-refractivity contribution in [2.75, 3.05) is 24.6 Å². The van der Waals surface area contributed by atoms with E-state index in [-0.39, 0.29) is 12.0 Å². The van der Waals surface area contributed by atoms with Gasteiger partial charge in [0.2, 0.25) is 0 Å². The van der Waals surface area contributed by atoms with E-state index in [4.69, 9.17) is 9.26 Å². The van der Waals surface area contributed by atoms with Crippen molar-refractivity contribution in [3.05, 3.63) is 59.5 Å². The monoisotopic (exact) mass is 364 g/mol. The van der Waals surface area contributed by atoms with Gasteiger partial charge in [0.25, 0.3) is 5.89 Å². The van der Waals surface area contributed by atoms with Gasteiger partial charge in [-0.1, -0.05) is 43.3 Å². The summed E-state index contributed by atoms with van der Waals surface area (Å²) >= 11 is 0. The van der Waals surface area contributed by atoms with E-state index < -0.39 is 0 Å². The van der Waals surface area contributed by atoms with Gasteiger partial charge in [-0.3, -0.25) is 0 Å². The number of morpholine rings is 1. The summed E-state index contributed by atoms with van der Waals surface area (Å²) in [5.41, 5.74) is 3.37. The first-order chi connectivity index (χ1) is 13.1. The van der Waals surface area contributed by atoms with Crippen LogP contribution in [0.15, 0.2) is 47.1 Å². The van der Waals surface area contributed by atoms with E-state index in [2.05, 4.69) is 51.2 Å². The summed E-state index contributed by atoms with van der Waals surface area (Å²) in [6.07, 6.45) is 1.84. The number of aryl methyl sites for hydroxylation is 1. The molecule has 27 heavy (non-hydrogen) atoms. The summed E-state index contributed by atoms with van der Waals surface area (Å²) in [7, 11) is 0. The van der Waals surface area contributed by atoms with Crippen LogP contribution in [-0.4, -0.2) is 34.8 Å². The van der Waals surface area contributed by atoms with Crippen LogP contribution in [0.3, 0.4) is 0 Å². The van der Waals surface area contributed by atoms with E-state index in [0.29, 0.717) is 18.3 Å². The van der Waals surface area contributed by atoms with Crippen LogP contribution >= 0.6 is 0 Å². The molecule has 0 amide bonds. The van der Waals surface area contributed by atoms with Crippen LogP contribution in [0.1, 0.15) is 42.8 Å². The van der Waals surface area contributed by atoms with Gasteiger partial charge in [-0.2, -0.15) is 4.98 Å². The Labute approximate surface area is 159 Å². The molecule has 0 N–H and O–H groups in total. The van der Waals surface area contributed by atoms with Crippen LogP contribution < -0.4 is 4.90 Å². The number of ether oxygens (including phenoxy) is 1. The number of rotatable bonds is 4. The molecule has 2 aromatic heterocycles. The van der Waals surface area contributed by atoms with Gasteiger partial charge in [-0.05, 0) is 30.2 Å². The number of aromatic nitrogens is 3. The average molecular weight is 364 g/mol. The standard InChI is InChI=1S/C21H24N4O2/c1-14(2)20-23-21(27-24-20)16-8-9-22-19(12-16)25-10-11-26-18(13-25)17-7-5-4-6-15(17)3/h4-9,12,14,18H,10-11,13H2,1-3H3. The van der Waals surface area contributed by atoms with Gasteiger partial charge in [0, 0.05) is 30.8 Å². The van der Waals surface area contributed by atoms with E-state index in [1.807, 2.05) is 26.0 Å². The van der Waals surface area contributed by atoms with Crippen LogP contribution in [0.2, 0.25) is 0 Å². The number of hydrogen-bond acceptors (Lipinski definition) is 6. The highest BCUT2D eigenvalue weighted by molar-refractivity contribution is 5.59. The van der Waals surface area contributed by atoms with Crippen molar-refractivity contribution in [3.8, 4) is 11.5 Å². The second-order valence-corrected chi connectivity index (χ2v) is 7.18. The van der Waals surface area contributed by atoms with Gasteiger partial charge in [0.05, 0.1) is 6.61 Å². The molecule has 1 fully saturated rings. The third kappa shape index (κ3) is 3.71. The molecule has 140 valence electrons. The Balaban J connectivity index is 1.57. The Kier molecular flexibility index (Phi) is 4.90. The zero-order chi connectivity index (χ0) is 18.8. The van der Waals surface area contributed by atoms with Crippen molar-refractivity contribution >= 4 is 5.82 Å². The molecule has 0 saturated carbocycles. The van der Waals surface area contributed by atoms with Crippen molar-refractivity contribution in [1.82, 2.24) is 15.1 Å². The number of pyridine rings is 1. The highest BCUT2D eigenvalue weighted by atomic mass is 16.5. The number of nitrogens with zero attached hydrogens (tertiary/aromatic N) is 4. The molecule has 6 nitrogen and oxygen atoms in total. The molecule has 0 radical (unpaired) electrons. The van der Waals surface area contributed by atoms with Crippen LogP contribution in [-0.2, 0) is 4.74 Å². The van der Waals surface area contributed by atoms with E-state index >= 15 is 0 Å². The Morgan fingerprint density at radius 3 is 2.81 bits per heavy atom. The highest BCUT2D eigenvalue weighted by Crippen LogP contribution is 2.29. The zero-order valence-electron chi connectivity index (χ0n) is 15.9. The Morgan fingerprint density at radius 2 is 2.04 bits per heavy atom. The molecular formula is C21H24N4O2. The number of anilines is 1. The Morgan fingerprint density at radius 1 is 1.19 bits per heavy atom. The van der Waals surface area contributed by atoms with Gasteiger partial charge >= 0.3 is 0 Å². The van der Waals surface area contributed by atoms with Crippen molar-refractivity contribution < 1.29 is 9.26 Å². The van der Waals surface area contributed by atoms with E-state index in [0.717, 1.165) is 24.5 Å². The first-order valence-electron chi connectivity index (χ1n) is 9.34. The lowest BCUT2D eigenvalue weighted by atomic mass is 10.0. The fourth-order valence-electron chi connectivity index (χ4n) is 3.30. The summed E-state index contributed by atoms with van der Waals surface area (Å²) in [6.45, 7) is 8.46. The van der Waals surface area contributed by atoms with Gasteiger partial charge in [0.15, 0.2) is 5.82 Å². The fraction of sp³-hybridized carbons (Fsp3) is 0.381. The minimum Gasteiger partial charge on any atom is -0.370 e. The van der Waals surface area contributed by atoms with Crippen LogP contribution in [0.25, 0.3) is 11.5 Å². The van der Waals surface area contributed by atoms with Crippen molar-refractivity contribution in [2.24, 2.45) is 0 Å². The lowest BCUT2D eigenvalue weighted by Gasteiger charge is -2.34. The van der Waals surface area contributed by atoms with Crippen LogP contribution in [0.5, 0.6) is 0 Å². The molecule has 1 aliphatic heterocycles. The maximum Gasteiger partial charge on any atom is 0.258 e. The van der Waals surface area contributed by atoms with Crippen molar-refractivity contribution in [1.29, 1.82) is 0 Å². The summed E-state index contributed by atoms with van der Waals surface area (Å²) in [5, 5.41) is 4.06. The molecule has 1 saturated heterocycles. The topological polar surface area (TPSA) is 64.3 Å². The molecule has 6 heteroatoms. The van der Waals surface area contributed by atoms with E-state index in [9.17, 15) is 0 Å². The smallest absolute Gasteiger partial charge is 0.258 e. The third-order valence-electron chi connectivity index (χ3n) is 4.88. The SMILES string of the molecule is Cc1ccccc1C1CN(c2cc(-c3nc(C(C)C)no3)ccn2)CCO1. The van der Waals surface area contributed by atoms with Crippen LogP contribution in [0.4, 0.5) is 5.82 Å². The lowest BCUT2D eigenvalue weighted by Crippen LogP contribution is -2.39. The summed E-state index contributed by atoms with van der Waals surface area (Å²) in [4.78, 5) is 11.3. The van der Waals surface area contributed by atoms with E-state index in [1.165, 1.54) is 11.1 Å². The molecule has 1 unspecified atom stereocenters. The summed E-state index contributed by atoms with van der Waals surface area (Å²) in [6, 6.07) is 12.3. The predicted molar refractivity (Wildman–Crippen MR) is 104 cm³/mol. The molecule has 0 bridgehead atoms. The summed E-state index contributed by atoms with van der Waals surface area (Å²) in [5.74, 6) is 2.39. The third-order valence-corrected chi connectivity index (χ3v) is 4.88. The molecule has 4 rings (SSSR count). The minimum absolute atomic E-state index is 0.0429. The fourth-order valence-corrected chi connectivity index (χ4v) is 3.30.